The van der Waals surface area contributed by atoms with Gasteiger partial charge in [0.05, 0.1) is 6.04 Å². The lowest BCUT2D eigenvalue weighted by atomic mass is 10.00. The molecule has 6 heteroatoms. The first kappa shape index (κ1) is 21.9. The number of nitrogens with one attached hydrogen (secondary N) is 1. The molecule has 0 bridgehead atoms. The molecule has 0 amide bonds. The summed E-state index contributed by atoms with van der Waals surface area (Å²) < 4.78 is 0. The SMILES string of the molecule is CN=C(NCC(c1cccs1)N(C)C)N1CC=C(c2ccccc2)CC1.I. The van der Waals surface area contributed by atoms with Gasteiger partial charge in [-0.05, 0) is 43.1 Å². The van der Waals surface area contributed by atoms with E-state index in [0.29, 0.717) is 6.04 Å². The van der Waals surface area contributed by atoms with Crippen LogP contribution < -0.4 is 5.32 Å². The molecule has 0 radical (unpaired) electrons. The summed E-state index contributed by atoms with van der Waals surface area (Å²) in [6, 6.07) is 15.3. The molecule has 146 valence electrons. The number of hydrogen-bond donors (Lipinski definition) is 1. The van der Waals surface area contributed by atoms with Gasteiger partial charge in [-0.2, -0.15) is 0 Å². The molecule has 1 atom stereocenters. The minimum Gasteiger partial charge on any atom is -0.354 e. The van der Waals surface area contributed by atoms with E-state index >= 15 is 0 Å². The first-order valence-corrected chi connectivity index (χ1v) is 9.97. The van der Waals surface area contributed by atoms with Gasteiger partial charge in [-0.1, -0.05) is 42.5 Å². The number of guanidine groups is 1. The van der Waals surface area contributed by atoms with Crippen molar-refractivity contribution in [1.82, 2.24) is 15.1 Å². The fourth-order valence-electron chi connectivity index (χ4n) is 3.31. The maximum absolute atomic E-state index is 4.51. The number of benzene rings is 1. The van der Waals surface area contributed by atoms with E-state index in [-0.39, 0.29) is 24.0 Å². The van der Waals surface area contributed by atoms with Crippen LogP contribution in [0.1, 0.15) is 22.9 Å². The molecule has 3 rings (SSSR count). The molecule has 0 saturated heterocycles. The number of likely N-dealkylation sites (N-methyl/N-ethyl adjacent to an activating group) is 1. The van der Waals surface area contributed by atoms with E-state index in [9.17, 15) is 0 Å². The Bertz CT molecular complexity index is 741. The van der Waals surface area contributed by atoms with Crippen molar-refractivity contribution in [2.24, 2.45) is 4.99 Å². The Balaban J connectivity index is 0.00000261. The fourth-order valence-corrected chi connectivity index (χ4v) is 4.24. The summed E-state index contributed by atoms with van der Waals surface area (Å²) in [6.45, 7) is 2.74. The third-order valence-electron chi connectivity index (χ3n) is 4.81. The first-order valence-electron chi connectivity index (χ1n) is 9.09. The molecule has 0 aliphatic carbocycles. The zero-order valence-corrected chi connectivity index (χ0v) is 19.4. The highest BCUT2D eigenvalue weighted by Gasteiger charge is 2.19. The van der Waals surface area contributed by atoms with Gasteiger partial charge in [-0.15, -0.1) is 35.3 Å². The van der Waals surface area contributed by atoms with E-state index in [0.717, 1.165) is 32.0 Å². The van der Waals surface area contributed by atoms with Crippen molar-refractivity contribution in [1.29, 1.82) is 0 Å². The van der Waals surface area contributed by atoms with E-state index in [1.54, 1.807) is 0 Å². The van der Waals surface area contributed by atoms with Gasteiger partial charge in [0.15, 0.2) is 5.96 Å². The minimum absolute atomic E-state index is 0. The van der Waals surface area contributed by atoms with Crippen molar-refractivity contribution < 1.29 is 0 Å². The molecule has 1 unspecified atom stereocenters. The van der Waals surface area contributed by atoms with Gasteiger partial charge in [-0.3, -0.25) is 4.99 Å². The first-order chi connectivity index (χ1) is 12.7. The van der Waals surface area contributed by atoms with Crippen LogP contribution in [0.4, 0.5) is 0 Å². The summed E-state index contributed by atoms with van der Waals surface area (Å²) in [5.41, 5.74) is 2.77. The van der Waals surface area contributed by atoms with E-state index in [2.05, 4.69) is 88.1 Å². The predicted octanol–water partition coefficient (Wildman–Crippen LogP) is 4.33. The fraction of sp³-hybridized carbons (Fsp3) is 0.381. The zero-order chi connectivity index (χ0) is 18.4. The lowest BCUT2D eigenvalue weighted by Gasteiger charge is -2.31. The Labute approximate surface area is 184 Å². The summed E-state index contributed by atoms with van der Waals surface area (Å²) in [7, 11) is 6.13. The quantitative estimate of drug-likeness (QED) is 0.380. The van der Waals surface area contributed by atoms with Crippen LogP contribution >= 0.6 is 35.3 Å². The highest BCUT2D eigenvalue weighted by atomic mass is 127. The normalized spacial score (nSPS) is 15.9. The molecule has 27 heavy (non-hydrogen) atoms. The Hall–Kier alpha value is -1.38. The summed E-state index contributed by atoms with van der Waals surface area (Å²) >= 11 is 1.81. The standard InChI is InChI=1S/C21H28N4S.HI/c1-22-21(23-16-19(24(2)3)20-10-7-15-26-20)25-13-11-18(12-14-25)17-8-5-4-6-9-17;/h4-11,15,19H,12-14,16H2,1-3H3,(H,22,23);1H. The minimum atomic E-state index is 0. The van der Waals surface area contributed by atoms with E-state index < -0.39 is 0 Å². The summed E-state index contributed by atoms with van der Waals surface area (Å²) in [6.07, 6.45) is 3.38. The monoisotopic (exact) mass is 496 g/mol. The molecule has 1 aliphatic rings. The molecule has 2 heterocycles. The van der Waals surface area contributed by atoms with Gasteiger partial charge < -0.3 is 15.1 Å². The molecule has 1 aromatic carbocycles. The van der Waals surface area contributed by atoms with Crippen molar-refractivity contribution in [2.45, 2.75) is 12.5 Å². The van der Waals surface area contributed by atoms with Crippen LogP contribution in [-0.4, -0.2) is 56.5 Å². The second-order valence-electron chi connectivity index (χ2n) is 6.71. The van der Waals surface area contributed by atoms with Crippen LogP contribution in [0.5, 0.6) is 0 Å². The Morgan fingerprint density at radius 3 is 2.56 bits per heavy atom. The third kappa shape index (κ3) is 5.80. The predicted molar refractivity (Wildman–Crippen MR) is 128 cm³/mol. The molecular formula is C21H29IN4S. The van der Waals surface area contributed by atoms with Crippen LogP contribution in [0.2, 0.25) is 0 Å². The maximum Gasteiger partial charge on any atom is 0.194 e. The number of hydrogen-bond acceptors (Lipinski definition) is 3. The van der Waals surface area contributed by atoms with E-state index in [1.165, 1.54) is 16.0 Å². The third-order valence-corrected chi connectivity index (χ3v) is 5.79. The average Bonchev–Trinajstić information content (AvgIpc) is 3.20. The topological polar surface area (TPSA) is 30.9 Å². The molecule has 1 aromatic heterocycles. The summed E-state index contributed by atoms with van der Waals surface area (Å²) in [5, 5.41) is 5.72. The lowest BCUT2D eigenvalue weighted by molar-refractivity contribution is 0.298. The van der Waals surface area contributed by atoms with Crippen molar-refractivity contribution in [3.05, 3.63) is 64.4 Å². The second kappa shape index (κ2) is 10.8. The Morgan fingerprint density at radius 1 is 1.22 bits per heavy atom. The van der Waals surface area contributed by atoms with Crippen LogP contribution in [0.3, 0.4) is 0 Å². The van der Waals surface area contributed by atoms with Crippen LogP contribution in [0.15, 0.2) is 58.9 Å². The molecule has 1 aliphatic heterocycles. The van der Waals surface area contributed by atoms with Crippen LogP contribution in [-0.2, 0) is 0 Å². The van der Waals surface area contributed by atoms with Crippen molar-refractivity contribution in [3.63, 3.8) is 0 Å². The van der Waals surface area contributed by atoms with Gasteiger partial charge in [0.2, 0.25) is 0 Å². The molecule has 2 aromatic rings. The van der Waals surface area contributed by atoms with Crippen molar-refractivity contribution in [2.75, 3.05) is 40.8 Å². The average molecular weight is 496 g/mol. The van der Waals surface area contributed by atoms with Gasteiger partial charge in [0.25, 0.3) is 0 Å². The second-order valence-corrected chi connectivity index (χ2v) is 7.69. The van der Waals surface area contributed by atoms with Gasteiger partial charge in [-0.25, -0.2) is 0 Å². The molecule has 4 nitrogen and oxygen atoms in total. The van der Waals surface area contributed by atoms with Crippen molar-refractivity contribution >= 4 is 46.8 Å². The number of nitrogens with zero attached hydrogens (tertiary/aromatic N) is 3. The van der Waals surface area contributed by atoms with Crippen LogP contribution in [0.25, 0.3) is 5.57 Å². The van der Waals surface area contributed by atoms with E-state index in [4.69, 9.17) is 0 Å². The maximum atomic E-state index is 4.51. The highest BCUT2D eigenvalue weighted by molar-refractivity contribution is 14.0. The smallest absolute Gasteiger partial charge is 0.194 e. The van der Waals surface area contributed by atoms with Gasteiger partial charge >= 0.3 is 0 Å². The molecular weight excluding hydrogens is 467 g/mol. The number of halogens is 1. The highest BCUT2D eigenvalue weighted by Crippen LogP contribution is 2.24. The Morgan fingerprint density at radius 2 is 2.00 bits per heavy atom. The van der Waals surface area contributed by atoms with Gasteiger partial charge in [0, 0.05) is 31.6 Å². The molecule has 1 N–H and O–H groups in total. The van der Waals surface area contributed by atoms with Crippen LogP contribution in [0, 0.1) is 0 Å². The molecule has 0 spiro atoms. The van der Waals surface area contributed by atoms with Crippen molar-refractivity contribution in [3.8, 4) is 0 Å². The largest absolute Gasteiger partial charge is 0.354 e. The lowest BCUT2D eigenvalue weighted by Crippen LogP contribution is -2.45. The zero-order valence-electron chi connectivity index (χ0n) is 16.3. The Kier molecular flexibility index (Phi) is 8.79. The number of rotatable bonds is 5. The molecule has 0 saturated carbocycles. The van der Waals surface area contributed by atoms with Gasteiger partial charge in [0.1, 0.15) is 0 Å². The molecule has 0 fully saturated rings. The van der Waals surface area contributed by atoms with E-state index in [1.807, 2.05) is 18.4 Å². The summed E-state index contributed by atoms with van der Waals surface area (Å²) in [4.78, 5) is 10.5. The number of thiophene rings is 1. The number of aliphatic imine (C=N–C) groups is 1. The summed E-state index contributed by atoms with van der Waals surface area (Å²) in [5.74, 6) is 0.983.